The molecule has 0 N–H and O–H groups in total. The lowest BCUT2D eigenvalue weighted by Crippen LogP contribution is -2.40. The van der Waals surface area contributed by atoms with Crippen molar-refractivity contribution in [1.29, 1.82) is 0 Å². The third-order valence-electron chi connectivity index (χ3n) is 5.55. The van der Waals surface area contributed by atoms with E-state index in [-0.39, 0.29) is 17.8 Å². The number of hydrogen-bond acceptors (Lipinski definition) is 8. The molecule has 164 valence electrons. The van der Waals surface area contributed by atoms with E-state index in [4.69, 9.17) is 4.98 Å². The van der Waals surface area contributed by atoms with Gasteiger partial charge in [0.1, 0.15) is 21.3 Å². The Hall–Kier alpha value is -2.88. The van der Waals surface area contributed by atoms with Crippen molar-refractivity contribution < 1.29 is 8.42 Å². The molecule has 3 aromatic heterocycles. The fourth-order valence-electron chi connectivity index (χ4n) is 4.13. The molecule has 10 heteroatoms. The second kappa shape index (κ2) is 7.99. The molecule has 0 unspecified atom stereocenters. The van der Waals surface area contributed by atoms with E-state index in [1.54, 1.807) is 18.6 Å². The first kappa shape index (κ1) is 21.4. The summed E-state index contributed by atoms with van der Waals surface area (Å²) < 4.78 is 25.4. The van der Waals surface area contributed by atoms with Crippen molar-refractivity contribution in [2.45, 2.75) is 52.6 Å². The Kier molecular flexibility index (Phi) is 5.50. The van der Waals surface area contributed by atoms with Gasteiger partial charge in [-0.1, -0.05) is 6.92 Å². The van der Waals surface area contributed by atoms with Gasteiger partial charge in [-0.2, -0.15) is 0 Å². The van der Waals surface area contributed by atoms with Gasteiger partial charge in [0, 0.05) is 30.3 Å². The second-order valence-electron chi connectivity index (χ2n) is 8.18. The number of rotatable bonds is 6. The number of fused-ring (bicyclic) bond motifs is 3. The Morgan fingerprint density at radius 1 is 1.19 bits per heavy atom. The lowest BCUT2D eigenvalue weighted by atomic mass is 10.1. The minimum absolute atomic E-state index is 0.0515. The van der Waals surface area contributed by atoms with Crippen LogP contribution < -0.4 is 4.90 Å². The molecule has 0 aliphatic carbocycles. The highest BCUT2D eigenvalue weighted by Gasteiger charge is 2.36. The molecule has 0 saturated carbocycles. The molecule has 0 spiro atoms. The number of nitrogens with zero attached hydrogens (tertiary/aromatic N) is 7. The number of pyridine rings is 1. The van der Waals surface area contributed by atoms with Gasteiger partial charge in [-0.25, -0.2) is 18.4 Å². The van der Waals surface area contributed by atoms with Crippen molar-refractivity contribution in [3.8, 4) is 17.1 Å². The maximum Gasteiger partial charge on any atom is 0.162 e. The van der Waals surface area contributed by atoms with Crippen LogP contribution in [0.1, 0.15) is 50.4 Å². The maximum absolute atomic E-state index is 11.7. The normalized spacial score (nSPS) is 15.8. The minimum Gasteiger partial charge on any atom is -0.342 e. The predicted octanol–water partition coefficient (Wildman–Crippen LogP) is 2.69. The van der Waals surface area contributed by atoms with E-state index in [1.807, 2.05) is 17.6 Å². The first-order chi connectivity index (χ1) is 14.7. The Morgan fingerprint density at radius 2 is 1.97 bits per heavy atom. The number of aryl methyl sites for hydroxylation is 2. The van der Waals surface area contributed by atoms with Crippen molar-refractivity contribution >= 4 is 15.7 Å². The SMILES string of the molecule is CC[C@@H]1c2nnc(C)n2-c2cnc(-c3ccncc3CCS(C)(=O)=O)nc2N1C(C)C. The summed E-state index contributed by atoms with van der Waals surface area (Å²) in [4.78, 5) is 16.1. The van der Waals surface area contributed by atoms with Gasteiger partial charge in [0.05, 0.1) is 18.0 Å². The average molecular weight is 442 g/mol. The number of anilines is 1. The Morgan fingerprint density at radius 3 is 2.65 bits per heavy atom. The minimum atomic E-state index is -3.09. The van der Waals surface area contributed by atoms with Gasteiger partial charge in [-0.05, 0) is 45.2 Å². The molecule has 0 radical (unpaired) electrons. The van der Waals surface area contributed by atoms with Crippen LogP contribution in [0.3, 0.4) is 0 Å². The molecule has 4 rings (SSSR count). The topological polar surface area (TPSA) is 107 Å². The van der Waals surface area contributed by atoms with E-state index in [0.717, 1.165) is 40.7 Å². The zero-order chi connectivity index (χ0) is 22.3. The summed E-state index contributed by atoms with van der Waals surface area (Å²) in [5.41, 5.74) is 2.46. The van der Waals surface area contributed by atoms with Gasteiger partial charge in [-0.3, -0.25) is 9.55 Å². The zero-order valence-corrected chi connectivity index (χ0v) is 19.3. The molecule has 0 amide bonds. The van der Waals surface area contributed by atoms with Crippen LogP contribution in [-0.2, 0) is 16.3 Å². The van der Waals surface area contributed by atoms with Crippen LogP contribution >= 0.6 is 0 Å². The molecule has 0 bridgehead atoms. The molecule has 3 aromatic rings. The smallest absolute Gasteiger partial charge is 0.162 e. The molecular formula is C21H27N7O2S. The Balaban J connectivity index is 1.86. The molecule has 4 heterocycles. The third-order valence-corrected chi connectivity index (χ3v) is 6.49. The van der Waals surface area contributed by atoms with Gasteiger partial charge >= 0.3 is 0 Å². The zero-order valence-electron chi connectivity index (χ0n) is 18.4. The predicted molar refractivity (Wildman–Crippen MR) is 119 cm³/mol. The van der Waals surface area contributed by atoms with Crippen LogP contribution in [0.15, 0.2) is 24.7 Å². The summed E-state index contributed by atoms with van der Waals surface area (Å²) in [6, 6.07) is 2.09. The molecule has 0 saturated heterocycles. The summed E-state index contributed by atoms with van der Waals surface area (Å²) in [6.07, 6.45) is 7.65. The average Bonchev–Trinajstić information content (AvgIpc) is 3.12. The molecule has 0 aromatic carbocycles. The quantitative estimate of drug-likeness (QED) is 0.575. The molecule has 1 atom stereocenters. The van der Waals surface area contributed by atoms with E-state index in [0.29, 0.717) is 12.2 Å². The van der Waals surface area contributed by atoms with Gasteiger partial charge in [0.15, 0.2) is 17.5 Å². The van der Waals surface area contributed by atoms with Crippen LogP contribution in [-0.4, -0.2) is 56.2 Å². The van der Waals surface area contributed by atoms with Crippen LogP contribution in [0.2, 0.25) is 0 Å². The second-order valence-corrected chi connectivity index (χ2v) is 10.4. The molecule has 0 fully saturated rings. The van der Waals surface area contributed by atoms with E-state index in [2.05, 4.69) is 45.8 Å². The van der Waals surface area contributed by atoms with Crippen LogP contribution in [0.5, 0.6) is 0 Å². The highest BCUT2D eigenvalue weighted by molar-refractivity contribution is 7.90. The number of aromatic nitrogens is 6. The lowest BCUT2D eigenvalue weighted by Gasteiger charge is -2.39. The highest BCUT2D eigenvalue weighted by Crippen LogP contribution is 2.40. The van der Waals surface area contributed by atoms with Crippen LogP contribution in [0.4, 0.5) is 5.82 Å². The number of sulfone groups is 1. The van der Waals surface area contributed by atoms with E-state index >= 15 is 0 Å². The largest absolute Gasteiger partial charge is 0.342 e. The first-order valence-corrected chi connectivity index (χ1v) is 12.5. The van der Waals surface area contributed by atoms with Crippen molar-refractivity contribution in [2.75, 3.05) is 16.9 Å². The molecule has 31 heavy (non-hydrogen) atoms. The summed E-state index contributed by atoms with van der Waals surface area (Å²) in [5.74, 6) is 3.13. The van der Waals surface area contributed by atoms with Gasteiger partial charge in [0.25, 0.3) is 0 Å². The standard InChI is InChI=1S/C21H27N7O2S/c1-6-17-21-26-25-14(4)28(21)18-12-23-19(24-20(18)27(17)13(2)3)16-7-9-22-11-15(16)8-10-31(5,29)30/h7,9,11-13,17H,6,8,10H2,1-5H3/t17-/m1/s1. The summed E-state index contributed by atoms with van der Waals surface area (Å²) >= 11 is 0. The molecular weight excluding hydrogens is 414 g/mol. The summed E-state index contributed by atoms with van der Waals surface area (Å²) in [7, 11) is -3.09. The number of hydrogen-bond donors (Lipinski definition) is 0. The van der Waals surface area contributed by atoms with Crippen molar-refractivity contribution in [3.05, 3.63) is 41.9 Å². The summed E-state index contributed by atoms with van der Waals surface area (Å²) in [5, 5.41) is 8.73. The maximum atomic E-state index is 11.7. The summed E-state index contributed by atoms with van der Waals surface area (Å²) in [6.45, 7) is 8.33. The van der Waals surface area contributed by atoms with Crippen molar-refractivity contribution in [3.63, 3.8) is 0 Å². The fraction of sp³-hybridized carbons (Fsp3) is 0.476. The monoisotopic (exact) mass is 441 g/mol. The lowest BCUT2D eigenvalue weighted by molar-refractivity contribution is 0.496. The Labute approximate surface area is 182 Å². The molecule has 9 nitrogen and oxygen atoms in total. The van der Waals surface area contributed by atoms with Crippen LogP contribution in [0.25, 0.3) is 17.1 Å². The first-order valence-electron chi connectivity index (χ1n) is 10.4. The van der Waals surface area contributed by atoms with E-state index in [1.165, 1.54) is 6.26 Å². The van der Waals surface area contributed by atoms with E-state index < -0.39 is 9.84 Å². The van der Waals surface area contributed by atoms with Crippen molar-refractivity contribution in [2.24, 2.45) is 0 Å². The fourth-order valence-corrected chi connectivity index (χ4v) is 4.72. The van der Waals surface area contributed by atoms with E-state index in [9.17, 15) is 8.42 Å². The molecule has 1 aliphatic heterocycles. The van der Waals surface area contributed by atoms with Gasteiger partial charge < -0.3 is 4.90 Å². The van der Waals surface area contributed by atoms with Gasteiger partial charge in [0.2, 0.25) is 0 Å². The Bertz CT molecular complexity index is 1220. The third kappa shape index (κ3) is 3.91. The van der Waals surface area contributed by atoms with Crippen LogP contribution in [0, 0.1) is 6.92 Å². The molecule has 1 aliphatic rings. The van der Waals surface area contributed by atoms with Crippen molar-refractivity contribution in [1.82, 2.24) is 29.7 Å². The van der Waals surface area contributed by atoms with Gasteiger partial charge in [-0.15, -0.1) is 10.2 Å². The highest BCUT2D eigenvalue weighted by atomic mass is 32.2.